The molecule has 2 rings (SSSR count). The quantitative estimate of drug-likeness (QED) is 0.785. The van der Waals surface area contributed by atoms with Gasteiger partial charge in [-0.2, -0.15) is 0 Å². The van der Waals surface area contributed by atoms with Crippen LogP contribution >= 0.6 is 11.6 Å². The maximum atomic E-state index is 12.2. The number of carbonyl (C=O) groups excluding carboxylic acids is 1. The summed E-state index contributed by atoms with van der Waals surface area (Å²) >= 11 is 5.84. The Labute approximate surface area is 114 Å². The average Bonchev–Trinajstić information content (AvgIpc) is 2.37. The Morgan fingerprint density at radius 2 is 2.16 bits per heavy atom. The lowest BCUT2D eigenvalue weighted by Gasteiger charge is -2.31. The molecule has 6 nitrogen and oxygen atoms in total. The smallest absolute Gasteiger partial charge is 0.334 e. The summed E-state index contributed by atoms with van der Waals surface area (Å²) in [4.78, 5) is 24.5. The average molecular weight is 285 g/mol. The van der Waals surface area contributed by atoms with Gasteiger partial charge in [0.15, 0.2) is 6.10 Å². The van der Waals surface area contributed by atoms with Crippen molar-refractivity contribution >= 4 is 29.2 Å². The molecule has 0 bridgehead atoms. The van der Waals surface area contributed by atoms with Crippen LogP contribution in [-0.4, -0.2) is 47.7 Å². The van der Waals surface area contributed by atoms with Crippen LogP contribution in [0, 0.1) is 0 Å². The number of nitrogen functional groups attached to an aromatic ring is 1. The molecule has 0 saturated carbocycles. The van der Waals surface area contributed by atoms with E-state index in [1.165, 1.54) is 23.1 Å². The highest BCUT2D eigenvalue weighted by Crippen LogP contribution is 2.19. The molecule has 7 heteroatoms. The maximum absolute atomic E-state index is 12.2. The molecule has 1 aliphatic rings. The van der Waals surface area contributed by atoms with Gasteiger partial charge in [0.25, 0.3) is 5.91 Å². The molecule has 1 saturated heterocycles. The highest BCUT2D eigenvalue weighted by Gasteiger charge is 2.29. The molecule has 1 aliphatic heterocycles. The number of carboxylic acids is 1. The van der Waals surface area contributed by atoms with Crippen molar-refractivity contribution in [3.63, 3.8) is 0 Å². The van der Waals surface area contributed by atoms with Gasteiger partial charge in [-0.25, -0.2) is 4.79 Å². The lowest BCUT2D eigenvalue weighted by atomic mass is 10.1. The van der Waals surface area contributed by atoms with Gasteiger partial charge in [0.2, 0.25) is 0 Å². The van der Waals surface area contributed by atoms with E-state index in [-0.39, 0.29) is 19.1 Å². The third kappa shape index (κ3) is 3.15. The molecule has 1 atom stereocenters. The number of benzene rings is 1. The Balaban J connectivity index is 2.16. The Morgan fingerprint density at radius 3 is 2.79 bits per heavy atom. The van der Waals surface area contributed by atoms with Gasteiger partial charge in [0.05, 0.1) is 13.2 Å². The van der Waals surface area contributed by atoms with Gasteiger partial charge in [0.1, 0.15) is 0 Å². The minimum Gasteiger partial charge on any atom is -0.479 e. The van der Waals surface area contributed by atoms with Crippen molar-refractivity contribution in [2.75, 3.05) is 25.4 Å². The summed E-state index contributed by atoms with van der Waals surface area (Å²) in [6.45, 7) is 0.550. The fourth-order valence-electron chi connectivity index (χ4n) is 1.90. The molecule has 0 radical (unpaired) electrons. The standard InChI is InChI=1S/C12H13ClN2O4/c13-8-3-7(4-9(14)5-8)11(16)15-1-2-19-10(6-15)12(17)18/h3-5,10H,1-2,6,14H2,(H,17,18). The molecule has 1 aromatic rings. The SMILES string of the molecule is Nc1cc(Cl)cc(C(=O)N2CCOC(C(=O)O)C2)c1. The lowest BCUT2D eigenvalue weighted by Crippen LogP contribution is -2.48. The molecule has 1 fully saturated rings. The fourth-order valence-corrected chi connectivity index (χ4v) is 2.15. The second-order valence-corrected chi connectivity index (χ2v) is 4.66. The molecule has 19 heavy (non-hydrogen) atoms. The second-order valence-electron chi connectivity index (χ2n) is 4.22. The second kappa shape index (κ2) is 5.46. The number of halogens is 1. The van der Waals surface area contributed by atoms with Gasteiger partial charge in [-0.3, -0.25) is 4.79 Å². The number of hydrogen-bond acceptors (Lipinski definition) is 4. The summed E-state index contributed by atoms with van der Waals surface area (Å²) in [6.07, 6.45) is -0.991. The largest absolute Gasteiger partial charge is 0.479 e. The molecule has 1 amide bonds. The number of anilines is 1. The number of morpholine rings is 1. The van der Waals surface area contributed by atoms with E-state index in [0.29, 0.717) is 22.8 Å². The zero-order valence-corrected chi connectivity index (χ0v) is 10.8. The van der Waals surface area contributed by atoms with Crippen molar-refractivity contribution in [3.05, 3.63) is 28.8 Å². The van der Waals surface area contributed by atoms with E-state index < -0.39 is 12.1 Å². The van der Waals surface area contributed by atoms with Gasteiger partial charge >= 0.3 is 5.97 Å². The van der Waals surface area contributed by atoms with E-state index in [0.717, 1.165) is 0 Å². The highest BCUT2D eigenvalue weighted by molar-refractivity contribution is 6.31. The minimum absolute atomic E-state index is 0.0145. The molecular weight excluding hydrogens is 272 g/mol. The summed E-state index contributed by atoms with van der Waals surface area (Å²) in [5, 5.41) is 9.26. The van der Waals surface area contributed by atoms with E-state index in [9.17, 15) is 9.59 Å². The van der Waals surface area contributed by atoms with E-state index in [4.69, 9.17) is 27.2 Å². The number of carbonyl (C=O) groups is 2. The van der Waals surface area contributed by atoms with E-state index in [1.54, 1.807) is 0 Å². The van der Waals surface area contributed by atoms with E-state index >= 15 is 0 Å². The van der Waals surface area contributed by atoms with Crippen molar-refractivity contribution in [2.24, 2.45) is 0 Å². The highest BCUT2D eigenvalue weighted by atomic mass is 35.5. The van der Waals surface area contributed by atoms with Crippen LogP contribution in [-0.2, 0) is 9.53 Å². The van der Waals surface area contributed by atoms with Gasteiger partial charge in [-0.15, -0.1) is 0 Å². The summed E-state index contributed by atoms with van der Waals surface area (Å²) in [5.74, 6) is -1.38. The predicted molar refractivity (Wildman–Crippen MR) is 69.1 cm³/mol. The number of aliphatic carboxylic acids is 1. The molecule has 1 heterocycles. The van der Waals surface area contributed by atoms with Crippen molar-refractivity contribution in [1.29, 1.82) is 0 Å². The molecular formula is C12H13ClN2O4. The number of ether oxygens (including phenoxy) is 1. The third-order valence-electron chi connectivity index (χ3n) is 2.80. The van der Waals surface area contributed by atoms with Crippen LogP contribution in [0.25, 0.3) is 0 Å². The van der Waals surface area contributed by atoms with Crippen LogP contribution in [0.1, 0.15) is 10.4 Å². The van der Waals surface area contributed by atoms with Crippen molar-refractivity contribution < 1.29 is 19.4 Å². The summed E-state index contributed by atoms with van der Waals surface area (Å²) in [7, 11) is 0. The Hall–Kier alpha value is -1.79. The summed E-state index contributed by atoms with van der Waals surface area (Å²) < 4.78 is 5.06. The Kier molecular flexibility index (Phi) is 3.92. The first kappa shape index (κ1) is 13.6. The molecule has 0 aromatic heterocycles. The topological polar surface area (TPSA) is 92.9 Å². The number of amides is 1. The van der Waals surface area contributed by atoms with Crippen LogP contribution in [0.15, 0.2) is 18.2 Å². The van der Waals surface area contributed by atoms with Gasteiger partial charge < -0.3 is 20.5 Å². The summed E-state index contributed by atoms with van der Waals surface area (Å²) in [6, 6.07) is 4.56. The molecule has 3 N–H and O–H groups in total. The van der Waals surface area contributed by atoms with Crippen LogP contribution in [0.3, 0.4) is 0 Å². The van der Waals surface area contributed by atoms with Crippen molar-refractivity contribution in [2.45, 2.75) is 6.10 Å². The van der Waals surface area contributed by atoms with Gasteiger partial charge in [-0.05, 0) is 18.2 Å². The number of rotatable bonds is 2. The zero-order valence-electron chi connectivity index (χ0n) is 10.0. The first-order valence-electron chi connectivity index (χ1n) is 5.67. The van der Waals surface area contributed by atoms with Crippen LogP contribution in [0.5, 0.6) is 0 Å². The van der Waals surface area contributed by atoms with Gasteiger partial charge in [0, 0.05) is 22.8 Å². The molecule has 1 unspecified atom stereocenters. The minimum atomic E-state index is -1.08. The number of nitrogens with zero attached hydrogens (tertiary/aromatic N) is 1. The van der Waals surface area contributed by atoms with Crippen molar-refractivity contribution in [3.8, 4) is 0 Å². The van der Waals surface area contributed by atoms with Crippen LogP contribution in [0.2, 0.25) is 5.02 Å². The van der Waals surface area contributed by atoms with E-state index in [1.807, 2.05) is 0 Å². The monoisotopic (exact) mass is 284 g/mol. The van der Waals surface area contributed by atoms with Crippen molar-refractivity contribution in [1.82, 2.24) is 4.90 Å². The Morgan fingerprint density at radius 1 is 1.42 bits per heavy atom. The molecule has 1 aromatic carbocycles. The van der Waals surface area contributed by atoms with E-state index in [2.05, 4.69) is 0 Å². The number of hydrogen-bond donors (Lipinski definition) is 2. The molecule has 0 spiro atoms. The molecule has 0 aliphatic carbocycles. The Bertz CT molecular complexity index is 500. The lowest BCUT2D eigenvalue weighted by molar-refractivity contribution is -0.154. The predicted octanol–water partition coefficient (Wildman–Crippen LogP) is 0.848. The molecule has 102 valence electrons. The maximum Gasteiger partial charge on any atom is 0.334 e. The number of carboxylic acid groups (broad SMARTS) is 1. The van der Waals surface area contributed by atoms with Crippen LogP contribution < -0.4 is 5.73 Å². The number of nitrogens with two attached hydrogens (primary N) is 1. The zero-order chi connectivity index (χ0) is 14.0. The van der Waals surface area contributed by atoms with Crippen LogP contribution in [0.4, 0.5) is 5.69 Å². The van der Waals surface area contributed by atoms with Gasteiger partial charge in [-0.1, -0.05) is 11.6 Å². The fraction of sp³-hybridized carbons (Fsp3) is 0.333. The first-order valence-corrected chi connectivity index (χ1v) is 6.05. The normalized spacial score (nSPS) is 19.2. The first-order chi connectivity index (χ1) is 8.97. The third-order valence-corrected chi connectivity index (χ3v) is 3.01. The summed E-state index contributed by atoms with van der Waals surface area (Å²) in [5.41, 5.74) is 6.36.